The van der Waals surface area contributed by atoms with Gasteiger partial charge in [-0.2, -0.15) is 0 Å². The van der Waals surface area contributed by atoms with Crippen molar-refractivity contribution in [2.24, 2.45) is 0 Å². The second-order valence-electron chi connectivity index (χ2n) is 6.99. The van der Waals surface area contributed by atoms with Gasteiger partial charge in [-0.3, -0.25) is 14.6 Å². The van der Waals surface area contributed by atoms with Gasteiger partial charge in [-0.15, -0.1) is 0 Å². The number of fused-ring (bicyclic) bond motifs is 4. The normalized spacial score (nSPS) is 16.1. The third-order valence-electron chi connectivity index (χ3n) is 5.29. The minimum absolute atomic E-state index is 0.0957. The number of aromatic amines is 1. The Hall–Kier alpha value is -3.04. The van der Waals surface area contributed by atoms with E-state index in [2.05, 4.69) is 10.1 Å². The molecule has 0 saturated heterocycles. The molecule has 5 rings (SSSR count). The topological polar surface area (TPSA) is 88.4 Å². The molecule has 0 fully saturated rings. The van der Waals surface area contributed by atoms with E-state index < -0.39 is 6.17 Å². The highest BCUT2D eigenvalue weighted by Gasteiger charge is 2.46. The van der Waals surface area contributed by atoms with Crippen LogP contribution in [-0.4, -0.2) is 29.0 Å². The van der Waals surface area contributed by atoms with E-state index in [9.17, 15) is 9.59 Å². The molecule has 1 atom stereocenters. The third kappa shape index (κ3) is 3.07. The summed E-state index contributed by atoms with van der Waals surface area (Å²) < 4.78 is 12.6. The molecule has 0 saturated carbocycles. The van der Waals surface area contributed by atoms with Gasteiger partial charge < -0.3 is 9.47 Å². The summed E-state index contributed by atoms with van der Waals surface area (Å²) in [5, 5.41) is 5.46. The molecule has 3 heterocycles. The van der Waals surface area contributed by atoms with Crippen LogP contribution < -0.4 is 24.6 Å². The van der Waals surface area contributed by atoms with E-state index in [-0.39, 0.29) is 24.7 Å². The Morgan fingerprint density at radius 2 is 2.06 bits per heavy atom. The molecule has 8 nitrogen and oxygen atoms in total. The van der Waals surface area contributed by atoms with Crippen molar-refractivity contribution in [3.63, 3.8) is 0 Å². The number of nitrogens with zero attached hydrogens (tertiary/aromatic N) is 3. The third-order valence-corrected chi connectivity index (χ3v) is 6.19. The first-order valence-electron chi connectivity index (χ1n) is 9.64. The van der Waals surface area contributed by atoms with Gasteiger partial charge in [0.1, 0.15) is 0 Å². The molecular weight excluding hydrogens is 440 g/mol. The molecule has 1 aromatic heterocycles. The zero-order chi connectivity index (χ0) is 21.7. The number of para-hydroxylation sites is 1. The molecule has 2 aliphatic heterocycles. The minimum Gasteiger partial charge on any atom is -0.454 e. The number of anilines is 1. The highest BCUT2D eigenvalue weighted by molar-refractivity contribution is 7.98. The zero-order valence-corrected chi connectivity index (χ0v) is 18.3. The van der Waals surface area contributed by atoms with Crippen LogP contribution in [0, 0.1) is 0 Å². The Kier molecular flexibility index (Phi) is 4.86. The van der Waals surface area contributed by atoms with Gasteiger partial charge in [-0.25, -0.2) is 4.90 Å². The largest absolute Gasteiger partial charge is 0.454 e. The van der Waals surface area contributed by atoms with Crippen LogP contribution in [0.2, 0.25) is 5.02 Å². The summed E-state index contributed by atoms with van der Waals surface area (Å²) in [6, 6.07) is 10.7. The van der Waals surface area contributed by atoms with Crippen LogP contribution >= 0.6 is 23.4 Å². The second-order valence-corrected chi connectivity index (χ2v) is 8.19. The molecule has 0 radical (unpaired) electrons. The fourth-order valence-electron chi connectivity index (χ4n) is 3.92. The predicted octanol–water partition coefficient (Wildman–Crippen LogP) is 3.13. The van der Waals surface area contributed by atoms with Gasteiger partial charge in [0.15, 0.2) is 11.5 Å². The van der Waals surface area contributed by atoms with Gasteiger partial charge in [0.05, 0.1) is 21.8 Å². The number of carbonyl (C=O) groups excluding carboxylic acids is 1. The van der Waals surface area contributed by atoms with Crippen molar-refractivity contribution in [1.82, 2.24) is 10.1 Å². The monoisotopic (exact) mass is 457 g/mol. The van der Waals surface area contributed by atoms with Crippen LogP contribution in [0.5, 0.6) is 11.5 Å². The summed E-state index contributed by atoms with van der Waals surface area (Å²) in [6.45, 7) is 1.89. The molecule has 0 bridgehead atoms. The average molecular weight is 458 g/mol. The number of carbonyl (C=O) groups is 1. The molecule has 2 aromatic carbocycles. The van der Waals surface area contributed by atoms with Gasteiger partial charge in [0.25, 0.3) is 6.17 Å². The number of nitrogens with one attached hydrogen (secondary N) is 1. The molecule has 0 spiro atoms. The van der Waals surface area contributed by atoms with Gasteiger partial charge in [-0.1, -0.05) is 42.4 Å². The summed E-state index contributed by atoms with van der Waals surface area (Å²) in [5.41, 5.74) is 1.89. The lowest BCUT2D eigenvalue weighted by Gasteiger charge is -2.32. The van der Waals surface area contributed by atoms with Crippen molar-refractivity contribution in [1.29, 1.82) is 0 Å². The van der Waals surface area contributed by atoms with Crippen molar-refractivity contribution in [2.75, 3.05) is 17.9 Å². The van der Waals surface area contributed by atoms with E-state index in [1.807, 2.05) is 30.5 Å². The molecule has 0 unspecified atom stereocenters. The lowest BCUT2D eigenvalue weighted by atomic mass is 10.0. The van der Waals surface area contributed by atoms with Crippen molar-refractivity contribution in [3.8, 4) is 22.8 Å². The SMILES string of the molecule is CCC(=O)N1c2ccccc2-c2c(=O)[nH]c(SC)n[n+]2[C@H]1c1cc2c(cc1Cl)OCO2. The second kappa shape index (κ2) is 7.58. The van der Waals surface area contributed by atoms with Crippen LogP contribution in [0.15, 0.2) is 46.3 Å². The molecule has 158 valence electrons. The number of ether oxygens (including phenoxy) is 2. The van der Waals surface area contributed by atoms with Crippen LogP contribution in [-0.2, 0) is 4.79 Å². The first kappa shape index (κ1) is 19.9. The van der Waals surface area contributed by atoms with Gasteiger partial charge in [-0.05, 0) is 29.1 Å². The minimum atomic E-state index is -0.771. The first-order valence-corrected chi connectivity index (χ1v) is 11.2. The summed E-state index contributed by atoms with van der Waals surface area (Å²) in [6.07, 6.45) is 1.31. The zero-order valence-electron chi connectivity index (χ0n) is 16.7. The molecule has 2 aliphatic rings. The molecular formula is C21H18ClN4O4S+. The fourth-order valence-corrected chi connectivity index (χ4v) is 4.53. The Bertz CT molecular complexity index is 1280. The lowest BCUT2D eigenvalue weighted by Crippen LogP contribution is -2.61. The van der Waals surface area contributed by atoms with Crippen LogP contribution in [0.4, 0.5) is 5.69 Å². The van der Waals surface area contributed by atoms with Gasteiger partial charge in [0, 0.05) is 17.6 Å². The van der Waals surface area contributed by atoms with Gasteiger partial charge >= 0.3 is 11.3 Å². The molecule has 1 amide bonds. The maximum Gasteiger partial charge on any atom is 0.325 e. The molecule has 10 heteroatoms. The van der Waals surface area contributed by atoms with E-state index in [0.29, 0.717) is 44.2 Å². The number of hydrogen-bond acceptors (Lipinski definition) is 6. The van der Waals surface area contributed by atoms with Crippen LogP contribution in [0.25, 0.3) is 11.3 Å². The highest BCUT2D eigenvalue weighted by atomic mass is 35.5. The van der Waals surface area contributed by atoms with Crippen LogP contribution in [0.3, 0.4) is 0 Å². The molecule has 31 heavy (non-hydrogen) atoms. The van der Waals surface area contributed by atoms with E-state index in [0.717, 1.165) is 0 Å². The van der Waals surface area contributed by atoms with Crippen molar-refractivity contribution in [2.45, 2.75) is 24.7 Å². The maximum atomic E-state index is 13.2. The molecule has 1 N–H and O–H groups in total. The molecule has 3 aromatic rings. The van der Waals surface area contributed by atoms with E-state index >= 15 is 0 Å². The van der Waals surface area contributed by atoms with Crippen molar-refractivity contribution in [3.05, 3.63) is 57.3 Å². The summed E-state index contributed by atoms with van der Waals surface area (Å²) in [5.74, 6) is 0.934. The smallest absolute Gasteiger partial charge is 0.325 e. The summed E-state index contributed by atoms with van der Waals surface area (Å²) in [4.78, 5) is 30.7. The Labute approximate surface area is 186 Å². The van der Waals surface area contributed by atoms with E-state index in [1.165, 1.54) is 11.8 Å². The number of H-pyrrole nitrogens is 1. The number of halogens is 1. The van der Waals surface area contributed by atoms with Crippen molar-refractivity contribution < 1.29 is 19.0 Å². The van der Waals surface area contributed by atoms with Gasteiger partial charge in [0.2, 0.25) is 17.9 Å². The number of thioether (sulfide) groups is 1. The quantitative estimate of drug-likeness (QED) is 0.480. The average Bonchev–Trinajstić information content (AvgIpc) is 3.23. The standard InChI is InChI=1S/C21H17ClN4O4S/c1-3-17(27)25-14-7-5-4-6-11(14)18-19(28)23-21(31-2)24-26(18)20(25)12-8-15-16(9-13(12)22)30-10-29-15/h4-9,20H,3,10H2,1-2H3/p+1/t20-/m0/s1. The summed E-state index contributed by atoms with van der Waals surface area (Å²) in [7, 11) is 0. The lowest BCUT2D eigenvalue weighted by molar-refractivity contribution is -0.763. The highest BCUT2D eigenvalue weighted by Crippen LogP contribution is 2.43. The van der Waals surface area contributed by atoms with Crippen molar-refractivity contribution >= 4 is 35.0 Å². The number of amides is 1. The Morgan fingerprint density at radius 1 is 1.32 bits per heavy atom. The fraction of sp³-hybridized carbons (Fsp3) is 0.238. The Balaban J connectivity index is 1.86. The number of hydrogen-bond donors (Lipinski definition) is 1. The number of aromatic nitrogens is 3. The summed E-state index contributed by atoms with van der Waals surface area (Å²) >= 11 is 7.96. The molecule has 0 aliphatic carbocycles. The predicted molar refractivity (Wildman–Crippen MR) is 116 cm³/mol. The Morgan fingerprint density at radius 3 is 2.81 bits per heavy atom. The van der Waals surface area contributed by atoms with E-state index in [1.54, 1.807) is 28.6 Å². The maximum absolute atomic E-state index is 13.2. The van der Waals surface area contributed by atoms with Crippen LogP contribution in [0.1, 0.15) is 25.1 Å². The number of rotatable bonds is 3. The number of benzene rings is 2. The first-order chi connectivity index (χ1) is 15.0. The van der Waals surface area contributed by atoms with E-state index in [4.69, 9.17) is 21.1 Å².